The van der Waals surface area contributed by atoms with Gasteiger partial charge in [0.15, 0.2) is 11.5 Å². The third-order valence-electron chi connectivity index (χ3n) is 4.27. The van der Waals surface area contributed by atoms with Gasteiger partial charge in [0.2, 0.25) is 5.91 Å². The van der Waals surface area contributed by atoms with Gasteiger partial charge in [-0.2, -0.15) is 4.52 Å². The number of rotatable bonds is 2. The fraction of sp³-hybridized carbons (Fsp3) is 0.333. The fourth-order valence-corrected chi connectivity index (χ4v) is 2.98. The molecule has 0 aliphatic carbocycles. The minimum Gasteiger partial charge on any atom is -0.357 e. The van der Waals surface area contributed by atoms with Crippen molar-refractivity contribution in [1.82, 2.24) is 19.8 Å². The number of carbonyl (C=O) groups is 1. The molecule has 1 aromatic carbocycles. The third kappa shape index (κ3) is 2.82. The molecule has 2 aromatic heterocycles. The van der Waals surface area contributed by atoms with Crippen LogP contribution in [0.15, 0.2) is 36.4 Å². The van der Waals surface area contributed by atoms with Crippen LogP contribution >= 0.6 is 0 Å². The largest absolute Gasteiger partial charge is 0.357 e. The standard InChI is InChI=1S/C18H20N6O/c1-18(2,3)17-22-21-15-9-8-14(23-24(15)17)19-13-10-11-6-4-5-7-12(11)20-16(13)25/h4-9,13H,10H2,1-3H3,(H,19,23)(H,20,25). The van der Waals surface area contributed by atoms with E-state index in [-0.39, 0.29) is 17.4 Å². The first-order valence-corrected chi connectivity index (χ1v) is 8.30. The molecule has 25 heavy (non-hydrogen) atoms. The third-order valence-corrected chi connectivity index (χ3v) is 4.27. The molecule has 0 radical (unpaired) electrons. The molecule has 3 heterocycles. The number of hydrogen-bond acceptors (Lipinski definition) is 5. The molecular formula is C18H20N6O. The second-order valence-corrected chi connectivity index (χ2v) is 7.31. The van der Waals surface area contributed by atoms with Gasteiger partial charge in [-0.25, -0.2) is 0 Å². The maximum atomic E-state index is 12.4. The van der Waals surface area contributed by atoms with Crippen LogP contribution in [0.3, 0.4) is 0 Å². The van der Waals surface area contributed by atoms with E-state index in [4.69, 9.17) is 0 Å². The molecule has 7 nitrogen and oxygen atoms in total. The van der Waals surface area contributed by atoms with Crippen molar-refractivity contribution >= 4 is 23.1 Å². The summed E-state index contributed by atoms with van der Waals surface area (Å²) in [4.78, 5) is 12.4. The molecule has 1 aliphatic rings. The summed E-state index contributed by atoms with van der Waals surface area (Å²) in [6, 6.07) is 11.1. The van der Waals surface area contributed by atoms with Crippen LogP contribution in [0.2, 0.25) is 0 Å². The summed E-state index contributed by atoms with van der Waals surface area (Å²) in [7, 11) is 0. The quantitative estimate of drug-likeness (QED) is 0.751. The summed E-state index contributed by atoms with van der Waals surface area (Å²) in [6.45, 7) is 6.20. The normalized spacial score (nSPS) is 17.2. The van der Waals surface area contributed by atoms with Gasteiger partial charge in [-0.3, -0.25) is 4.79 Å². The van der Waals surface area contributed by atoms with E-state index in [1.165, 1.54) is 0 Å². The van der Waals surface area contributed by atoms with Gasteiger partial charge in [-0.05, 0) is 23.8 Å². The van der Waals surface area contributed by atoms with Gasteiger partial charge in [0.05, 0.1) is 0 Å². The predicted octanol–water partition coefficient (Wildman–Crippen LogP) is 2.40. The van der Waals surface area contributed by atoms with Crippen LogP contribution in [0, 0.1) is 0 Å². The maximum absolute atomic E-state index is 12.4. The highest BCUT2D eigenvalue weighted by Crippen LogP contribution is 2.24. The van der Waals surface area contributed by atoms with Crippen molar-refractivity contribution in [2.45, 2.75) is 38.6 Å². The van der Waals surface area contributed by atoms with Crippen LogP contribution in [0.25, 0.3) is 5.65 Å². The van der Waals surface area contributed by atoms with Crippen LogP contribution in [-0.2, 0) is 16.6 Å². The first kappa shape index (κ1) is 15.6. The van der Waals surface area contributed by atoms with Gasteiger partial charge < -0.3 is 10.6 Å². The number of hydrogen-bond donors (Lipinski definition) is 2. The molecule has 4 rings (SSSR count). The molecule has 2 N–H and O–H groups in total. The SMILES string of the molecule is CC(C)(C)c1nnc2ccc(NC3Cc4ccccc4NC3=O)nn12. The lowest BCUT2D eigenvalue weighted by atomic mass is 9.96. The first-order valence-electron chi connectivity index (χ1n) is 8.30. The van der Waals surface area contributed by atoms with Crippen molar-refractivity contribution in [1.29, 1.82) is 0 Å². The number of nitrogens with one attached hydrogen (secondary N) is 2. The Bertz CT molecular complexity index is 956. The second kappa shape index (κ2) is 5.54. The number of amides is 1. The lowest BCUT2D eigenvalue weighted by Crippen LogP contribution is -2.40. The predicted molar refractivity (Wildman–Crippen MR) is 95.7 cm³/mol. The molecule has 128 valence electrons. The Labute approximate surface area is 145 Å². The molecular weight excluding hydrogens is 316 g/mol. The van der Waals surface area contributed by atoms with Gasteiger partial charge >= 0.3 is 0 Å². The summed E-state index contributed by atoms with van der Waals surface area (Å²) in [5.74, 6) is 1.35. The number of para-hydroxylation sites is 1. The van der Waals surface area contributed by atoms with Crippen molar-refractivity contribution < 1.29 is 4.79 Å². The summed E-state index contributed by atoms with van der Waals surface area (Å²) >= 11 is 0. The van der Waals surface area contributed by atoms with Gasteiger partial charge in [0.25, 0.3) is 0 Å². The van der Waals surface area contributed by atoms with Crippen LogP contribution in [0.4, 0.5) is 11.5 Å². The zero-order valence-corrected chi connectivity index (χ0v) is 14.4. The van der Waals surface area contributed by atoms with Crippen LogP contribution in [-0.4, -0.2) is 31.8 Å². The van der Waals surface area contributed by atoms with E-state index in [2.05, 4.69) is 46.7 Å². The topological polar surface area (TPSA) is 84.2 Å². The second-order valence-electron chi connectivity index (χ2n) is 7.31. The molecule has 0 bridgehead atoms. The van der Waals surface area contributed by atoms with E-state index in [0.29, 0.717) is 17.9 Å². The average molecular weight is 336 g/mol. The summed E-state index contributed by atoms with van der Waals surface area (Å²) in [5.41, 5.74) is 2.50. The molecule has 1 unspecified atom stereocenters. The molecule has 3 aromatic rings. The van der Waals surface area contributed by atoms with Crippen LogP contribution < -0.4 is 10.6 Å². The minimum atomic E-state index is -0.366. The highest BCUT2D eigenvalue weighted by atomic mass is 16.2. The lowest BCUT2D eigenvalue weighted by Gasteiger charge is -2.25. The number of fused-ring (bicyclic) bond motifs is 2. The molecule has 1 aliphatic heterocycles. The van der Waals surface area contributed by atoms with E-state index in [1.807, 2.05) is 36.4 Å². The monoisotopic (exact) mass is 336 g/mol. The Morgan fingerprint density at radius 3 is 2.76 bits per heavy atom. The fourth-order valence-electron chi connectivity index (χ4n) is 2.98. The first-order chi connectivity index (χ1) is 11.9. The van der Waals surface area contributed by atoms with Crippen molar-refractivity contribution in [3.05, 3.63) is 47.8 Å². The Kier molecular flexibility index (Phi) is 3.45. The smallest absolute Gasteiger partial charge is 0.247 e. The van der Waals surface area contributed by atoms with E-state index < -0.39 is 0 Å². The van der Waals surface area contributed by atoms with E-state index in [0.717, 1.165) is 17.1 Å². The van der Waals surface area contributed by atoms with Gasteiger partial charge in [0, 0.05) is 17.5 Å². The minimum absolute atomic E-state index is 0.0552. The van der Waals surface area contributed by atoms with Crippen molar-refractivity contribution in [2.24, 2.45) is 0 Å². The van der Waals surface area contributed by atoms with Gasteiger partial charge in [0.1, 0.15) is 11.9 Å². The summed E-state index contributed by atoms with van der Waals surface area (Å²) < 4.78 is 1.73. The zero-order valence-electron chi connectivity index (χ0n) is 14.4. The van der Waals surface area contributed by atoms with E-state index in [1.54, 1.807) is 4.52 Å². The molecule has 7 heteroatoms. The Balaban J connectivity index is 1.64. The zero-order chi connectivity index (χ0) is 17.6. The summed E-state index contributed by atoms with van der Waals surface area (Å²) in [6.07, 6.45) is 0.621. The molecule has 1 amide bonds. The van der Waals surface area contributed by atoms with Crippen LogP contribution in [0.1, 0.15) is 32.2 Å². The van der Waals surface area contributed by atoms with Gasteiger partial charge in [-0.1, -0.05) is 39.0 Å². The number of anilines is 2. The van der Waals surface area contributed by atoms with E-state index >= 15 is 0 Å². The molecule has 0 saturated carbocycles. The number of nitrogens with zero attached hydrogens (tertiary/aromatic N) is 4. The Hall–Kier alpha value is -2.96. The number of aromatic nitrogens is 4. The van der Waals surface area contributed by atoms with Gasteiger partial charge in [-0.15, -0.1) is 15.3 Å². The molecule has 0 fully saturated rings. The summed E-state index contributed by atoms with van der Waals surface area (Å²) in [5, 5.41) is 19.2. The van der Waals surface area contributed by atoms with Crippen molar-refractivity contribution in [3.63, 3.8) is 0 Å². The van der Waals surface area contributed by atoms with Crippen LogP contribution in [0.5, 0.6) is 0 Å². The average Bonchev–Trinajstić information content (AvgIpc) is 2.99. The number of carbonyl (C=O) groups excluding carboxylic acids is 1. The van der Waals surface area contributed by atoms with Crippen molar-refractivity contribution in [2.75, 3.05) is 10.6 Å². The van der Waals surface area contributed by atoms with E-state index in [9.17, 15) is 4.79 Å². The Morgan fingerprint density at radius 2 is 1.96 bits per heavy atom. The lowest BCUT2D eigenvalue weighted by molar-refractivity contribution is -0.117. The number of benzene rings is 1. The maximum Gasteiger partial charge on any atom is 0.247 e. The van der Waals surface area contributed by atoms with Crippen molar-refractivity contribution in [3.8, 4) is 0 Å². The Morgan fingerprint density at radius 1 is 1.16 bits per heavy atom. The molecule has 0 spiro atoms. The molecule has 0 saturated heterocycles. The highest BCUT2D eigenvalue weighted by molar-refractivity contribution is 5.99. The highest BCUT2D eigenvalue weighted by Gasteiger charge is 2.27. The molecule has 1 atom stereocenters.